The number of rotatable bonds is 12. The van der Waals surface area contributed by atoms with Crippen LogP contribution in [0.15, 0.2) is 222 Å². The molecule has 4 atom stereocenters. The van der Waals surface area contributed by atoms with Crippen molar-refractivity contribution in [3.63, 3.8) is 0 Å². The van der Waals surface area contributed by atoms with E-state index in [-0.39, 0.29) is 38.2 Å². The maximum absolute atomic E-state index is 10.4. The number of halogens is 5. The number of hydrazone groups is 3. The average Bonchev–Trinajstić information content (AvgIpc) is 1.38. The summed E-state index contributed by atoms with van der Waals surface area (Å²) in [4.78, 5) is 9.07. The molecule has 13 aromatic rings. The van der Waals surface area contributed by atoms with Crippen LogP contribution in [0, 0.1) is 13.8 Å². The molecule has 0 amide bonds. The molecule has 4 unspecified atom stereocenters. The molecule has 676 valence electrons. The van der Waals surface area contributed by atoms with Gasteiger partial charge < -0.3 is 70.8 Å². The number of hydrogen-bond acceptors (Lipinski definition) is 22. The van der Waals surface area contributed by atoms with Gasteiger partial charge in [-0.25, -0.2) is 4.68 Å². The zero-order chi connectivity index (χ0) is 92.1. The fourth-order valence-electron chi connectivity index (χ4n) is 18.1. The Morgan fingerprint density at radius 1 is 0.496 bits per heavy atom. The lowest BCUT2D eigenvalue weighted by Gasteiger charge is -2.32. The van der Waals surface area contributed by atoms with Gasteiger partial charge in [-0.05, 0) is 297 Å². The Morgan fingerprint density at radius 3 is 1.41 bits per heavy atom. The molecule has 7 aliphatic rings. The number of hydrogen-bond donors (Lipinski definition) is 12. The number of nitrogens with two attached hydrogens (primary N) is 2. The third-order valence-electron chi connectivity index (χ3n) is 24.0. The summed E-state index contributed by atoms with van der Waals surface area (Å²) < 4.78 is 20.9. The molecule has 5 aliphatic carbocycles. The molecule has 6 heterocycles. The van der Waals surface area contributed by atoms with Gasteiger partial charge in [-0.15, -0.1) is 10.2 Å². The smallest absolute Gasteiger partial charge is 0.191 e. The standard InChI is InChI=1S/C21H24N4S.C19H14Cl2N2O.C15H13BrN4O2.C15H20N4S.C14H14BrN3O2S.C13H12BrNO3/c1-14-11-12-19-17(13-14)16-9-6-10-18(20(16)25(19)2)23-24-21(26)22-15-7-4-3-5-8-15;20-14-10-13(19(24)18(21)11-14)12-22-15-6-8-17(9-7-15)23-16-4-2-1-3-5-16;16-11-5-13-14(9-3-1-2-4-12(9)22-13)10(15(11)21)6-19-20-7-17-18-8-20;1-9-6-7-13-11(8-9)10-4-3-5-12(14(10)19(13)2)17-18-15(16)20;15-9-5-11-12(7-3-1-2-4-10(7)20-11)8(13(9)19)6-17-18-14(16)21;14-9-5-11-12(8(6-15-17)13(9)16)7-3-1-2-4-10(7)18-11/h3-5,7-8,11-13,16,20H,6,9-10H2,1-2H3,(H2,22,24,26);1-12,23-24H;5-8,21H,1-4H2;6-8,10,14H,3-5H2,1-2H3,(H3,16,18,20);5-6,19H,1-4H2,(H3,16,18,21);5-6,16-17H,1-4H2/b23-18+;;19-6+;17-12+;17-6+;15-6+. The Kier molecular flexibility index (Phi) is 30.9. The third-order valence-corrected chi connectivity index (χ3v) is 26.7. The first-order chi connectivity index (χ1) is 63.4. The number of phenolic OH excluding ortho intramolecular Hbond substituents is 4. The summed E-state index contributed by atoms with van der Waals surface area (Å²) in [5, 5.41) is 88.0. The molecular weight excluding hydrogens is 1950 g/mol. The van der Waals surface area contributed by atoms with Gasteiger partial charge in [-0.3, -0.25) is 21.3 Å². The van der Waals surface area contributed by atoms with E-state index in [4.69, 9.17) is 94.9 Å². The summed E-state index contributed by atoms with van der Waals surface area (Å²) >= 11 is 36.8. The fourth-order valence-corrected chi connectivity index (χ4v) is 20.2. The molecule has 0 saturated heterocycles. The van der Waals surface area contributed by atoms with Gasteiger partial charge in [0.1, 0.15) is 69.7 Å². The molecule has 0 spiro atoms. The molecule has 0 bridgehead atoms. The molecule has 26 nitrogen and oxygen atoms in total. The number of aromatic nitrogens is 3. The van der Waals surface area contributed by atoms with Crippen LogP contribution in [-0.4, -0.2) is 118 Å². The van der Waals surface area contributed by atoms with Gasteiger partial charge in [0.05, 0.1) is 71.8 Å². The van der Waals surface area contributed by atoms with E-state index >= 15 is 0 Å². The van der Waals surface area contributed by atoms with Gasteiger partial charge in [0.2, 0.25) is 0 Å². The number of aromatic hydroxyl groups is 4. The maximum Gasteiger partial charge on any atom is 0.191 e. The minimum atomic E-state index is -0.0350. The van der Waals surface area contributed by atoms with Crippen molar-refractivity contribution in [3.05, 3.63) is 266 Å². The van der Waals surface area contributed by atoms with Gasteiger partial charge in [-0.1, -0.05) is 100 Å². The number of furan rings is 3. The number of para-hydroxylation sites is 2. The number of thiocarbonyl (C=S) groups is 3. The molecule has 131 heavy (non-hydrogen) atoms. The maximum atomic E-state index is 10.4. The van der Waals surface area contributed by atoms with E-state index in [1.807, 2.05) is 91.0 Å². The average molecular weight is 2050 g/mol. The minimum absolute atomic E-state index is 0.0350. The SMILES string of the molecule is Cc1ccc2c(c1)C1CCC/C(=N\NC(=S)Nc3ccccc3)C1N2C.Cc1ccc2c(c1)C1CCC/C(=N\NC(N)=S)C1N2C.NC(=S)N/N=C/c1c(O)c(Br)cc2oc3c(c12)CCCC3.O/N=C/c1c(O)c(Br)cc2oc3c(c12)CCCC3.Oc1c(Br)cc2oc3c(c2c1/C=N/n1cnnc1)CCCC3.Oc1c(Cl)cc(Cl)cc1C=Nc1ccc(Nc2ccccc2)cc1. The van der Waals surface area contributed by atoms with Crippen molar-refractivity contribution in [2.45, 2.75) is 153 Å². The normalized spacial score (nSPS) is 17.4. The highest BCUT2D eigenvalue weighted by atomic mass is 79.9. The van der Waals surface area contributed by atoms with Crippen molar-refractivity contribution >= 4 is 226 Å². The van der Waals surface area contributed by atoms with E-state index in [1.165, 1.54) is 113 Å². The van der Waals surface area contributed by atoms with Crippen LogP contribution < -0.4 is 48.2 Å². The van der Waals surface area contributed by atoms with Gasteiger partial charge in [0.15, 0.2) is 15.3 Å². The molecule has 4 aromatic heterocycles. The van der Waals surface area contributed by atoms with Crippen LogP contribution in [0.2, 0.25) is 10.0 Å². The van der Waals surface area contributed by atoms with E-state index in [2.05, 4.69) is 184 Å². The van der Waals surface area contributed by atoms with Crippen molar-refractivity contribution < 1.29 is 38.9 Å². The van der Waals surface area contributed by atoms with E-state index in [1.54, 1.807) is 24.4 Å². The highest BCUT2D eigenvalue weighted by Crippen LogP contribution is 2.50. The van der Waals surface area contributed by atoms with Gasteiger partial charge in [-0.2, -0.15) is 20.4 Å². The molecular formula is C97H97Br3Cl2N18O8S3. The van der Waals surface area contributed by atoms with Gasteiger partial charge in [0, 0.05) is 134 Å². The van der Waals surface area contributed by atoms with Crippen LogP contribution in [0.1, 0.15) is 167 Å². The number of phenols is 4. The molecule has 2 aliphatic heterocycles. The fraction of sp³-hybridized carbons (Fsp3) is 0.268. The first-order valence-corrected chi connectivity index (χ1v) is 47.4. The topological polar surface area (TPSA) is 364 Å². The van der Waals surface area contributed by atoms with E-state index < -0.39 is 0 Å². The van der Waals surface area contributed by atoms with Crippen LogP contribution in [0.4, 0.5) is 34.1 Å². The summed E-state index contributed by atoms with van der Waals surface area (Å²) in [6.07, 6.45) is 28.2. The zero-order valence-electron chi connectivity index (χ0n) is 72.1. The summed E-state index contributed by atoms with van der Waals surface area (Å²) in [6.45, 7) is 4.32. The van der Waals surface area contributed by atoms with Crippen molar-refractivity contribution in [3.8, 4) is 23.0 Å². The van der Waals surface area contributed by atoms with Gasteiger partial charge >= 0.3 is 0 Å². The predicted molar refractivity (Wildman–Crippen MR) is 549 cm³/mol. The number of nitrogens with one attached hydrogen (secondary N) is 5. The quantitative estimate of drug-likeness (QED) is 0.0234. The number of aryl methyl sites for hydroxylation is 8. The summed E-state index contributed by atoms with van der Waals surface area (Å²) in [7, 11) is 4.33. The van der Waals surface area contributed by atoms with Crippen molar-refractivity contribution in [1.29, 1.82) is 0 Å². The second-order valence-corrected chi connectivity index (χ2v) is 37.3. The number of likely N-dealkylation sites (N-methyl/N-ethyl adjacent to an activating group) is 2. The highest BCUT2D eigenvalue weighted by Gasteiger charge is 2.43. The lowest BCUT2D eigenvalue weighted by molar-refractivity contribution is 0.321. The van der Waals surface area contributed by atoms with Gasteiger partial charge in [0.25, 0.3) is 0 Å². The van der Waals surface area contributed by atoms with Crippen molar-refractivity contribution in [2.24, 2.45) is 42.0 Å². The van der Waals surface area contributed by atoms with Crippen LogP contribution in [0.5, 0.6) is 23.0 Å². The summed E-state index contributed by atoms with van der Waals surface area (Å²) in [5.41, 5.74) is 41.4. The largest absolute Gasteiger partial charge is 0.506 e. The van der Waals surface area contributed by atoms with Crippen LogP contribution >= 0.6 is 108 Å². The second kappa shape index (κ2) is 43.1. The van der Waals surface area contributed by atoms with Crippen molar-refractivity contribution in [2.75, 3.05) is 34.5 Å². The number of benzene rings is 9. The minimum Gasteiger partial charge on any atom is -0.506 e. The molecule has 2 fully saturated rings. The zero-order valence-corrected chi connectivity index (χ0v) is 80.8. The van der Waals surface area contributed by atoms with E-state index in [0.29, 0.717) is 69.7 Å². The van der Waals surface area contributed by atoms with Crippen LogP contribution in [0.3, 0.4) is 0 Å². The van der Waals surface area contributed by atoms with Crippen LogP contribution in [-0.2, 0) is 38.5 Å². The first-order valence-electron chi connectivity index (χ1n) is 43.0. The Hall–Kier alpha value is -11.8. The summed E-state index contributed by atoms with van der Waals surface area (Å²) in [6, 6.07) is 50.1. The monoisotopic (exact) mass is 2040 g/mol. The Morgan fingerprint density at radius 2 is 0.939 bits per heavy atom. The number of fused-ring (bicyclic) bond motifs is 15. The van der Waals surface area contributed by atoms with E-state index in [0.717, 1.165) is 180 Å². The first kappa shape index (κ1) is 93.9. The Balaban J connectivity index is 0.000000121. The lowest BCUT2D eigenvalue weighted by Crippen LogP contribution is -2.42. The van der Waals surface area contributed by atoms with Crippen molar-refractivity contribution in [1.82, 2.24) is 31.2 Å². The molecule has 2 saturated carbocycles. The number of nitrogens with zero attached hydrogens (tertiary/aromatic N) is 11. The predicted octanol–water partition coefficient (Wildman–Crippen LogP) is 22.7. The lowest BCUT2D eigenvalue weighted by atomic mass is 9.81. The summed E-state index contributed by atoms with van der Waals surface area (Å²) in [5.74, 6) is 4.42. The Labute approximate surface area is 808 Å². The number of anilines is 5. The molecule has 20 rings (SSSR count). The van der Waals surface area contributed by atoms with E-state index in [9.17, 15) is 20.4 Å². The third kappa shape index (κ3) is 22.0. The Bertz CT molecular complexity index is 6590. The number of aliphatic imine (C=N–C) groups is 1. The molecule has 9 aromatic carbocycles. The highest BCUT2D eigenvalue weighted by molar-refractivity contribution is 9.11. The molecule has 14 N–H and O–H groups in total. The second-order valence-electron chi connectivity index (χ2n) is 32.6. The molecule has 0 radical (unpaired) electrons. The molecule has 34 heteroatoms. The number of oxime groups is 1. The van der Waals surface area contributed by atoms with Crippen LogP contribution in [0.25, 0.3) is 32.9 Å².